The quantitative estimate of drug-likeness (QED) is 0.838. The number of Topliss-reactive ketones (excluding diaryl/α,β-unsaturated/α-hetero) is 1. The molecule has 3 rings (SSSR count). The zero-order valence-corrected chi connectivity index (χ0v) is 14.4. The number of rotatable bonds is 4. The van der Waals surface area contributed by atoms with Crippen LogP contribution in [0.15, 0.2) is 40.7 Å². The van der Waals surface area contributed by atoms with Crippen LogP contribution in [0, 0.1) is 5.41 Å². The van der Waals surface area contributed by atoms with Crippen LogP contribution in [-0.4, -0.2) is 21.9 Å². The molecule has 1 aliphatic rings. The highest BCUT2D eigenvalue weighted by molar-refractivity contribution is 8.19. The maximum atomic E-state index is 12.5. The first-order chi connectivity index (χ1) is 11.0. The number of carbonyl (C=O) groups excluding carboxylic acids is 1. The molecular formula is C17H16N2O2S2. The third-order valence-electron chi connectivity index (χ3n) is 3.24. The number of nitrogens with zero attached hydrogens (tertiary/aromatic N) is 1. The number of nitrogens with one attached hydrogen (secondary N) is 1. The molecule has 4 nitrogen and oxygen atoms in total. The summed E-state index contributed by atoms with van der Waals surface area (Å²) in [6.45, 7) is 3.96. The van der Waals surface area contributed by atoms with Crippen LogP contribution in [0.4, 0.5) is 0 Å². The second-order valence-corrected chi connectivity index (χ2v) is 7.39. The molecule has 1 saturated heterocycles. The van der Waals surface area contributed by atoms with Crippen LogP contribution in [-0.2, 0) is 4.79 Å². The average Bonchev–Trinajstić information content (AvgIpc) is 3.10. The number of hydrogen-bond donors (Lipinski definition) is 1. The van der Waals surface area contributed by atoms with Gasteiger partial charge in [-0.05, 0) is 37.6 Å². The lowest BCUT2D eigenvalue weighted by molar-refractivity contribution is -0.114. The summed E-state index contributed by atoms with van der Waals surface area (Å²) < 4.78 is 5.61. The Labute approximate surface area is 143 Å². The number of hydrogen-bond acceptors (Lipinski definition) is 6. The predicted molar refractivity (Wildman–Crippen MR) is 95.4 cm³/mol. The molecule has 2 heterocycles. The van der Waals surface area contributed by atoms with Crippen LogP contribution in [0.5, 0.6) is 5.75 Å². The number of ketones is 1. The second-order valence-electron chi connectivity index (χ2n) is 5.38. The van der Waals surface area contributed by atoms with Crippen molar-refractivity contribution < 1.29 is 9.53 Å². The lowest BCUT2D eigenvalue weighted by Crippen LogP contribution is -2.11. The predicted octanol–water partition coefficient (Wildman–Crippen LogP) is 4.35. The average molecular weight is 344 g/mol. The number of thioether (sulfide) groups is 1. The Hall–Kier alpha value is -1.92. The summed E-state index contributed by atoms with van der Waals surface area (Å²) in [5.41, 5.74) is 0.921. The van der Waals surface area contributed by atoms with Gasteiger partial charge in [-0.2, -0.15) is 0 Å². The standard InChI is InChI=1S/C17H16N2O2S2/c1-10(2)21-12-5-3-11(4-6-12)9-13-15(20)14(16(18)23-13)17-19-7-8-22-17/h3-10,14,18H,1-2H3/b13-9-,18-16?/t14-/m1/s1. The van der Waals surface area contributed by atoms with Gasteiger partial charge in [0.05, 0.1) is 16.1 Å². The minimum absolute atomic E-state index is 0.0440. The molecule has 0 unspecified atom stereocenters. The Bertz CT molecular complexity index is 749. The van der Waals surface area contributed by atoms with Gasteiger partial charge in [0, 0.05) is 11.6 Å². The monoisotopic (exact) mass is 344 g/mol. The van der Waals surface area contributed by atoms with E-state index in [2.05, 4.69) is 4.98 Å². The molecule has 1 N–H and O–H groups in total. The summed E-state index contributed by atoms with van der Waals surface area (Å²) in [5, 5.41) is 10.9. The minimum Gasteiger partial charge on any atom is -0.491 e. The van der Waals surface area contributed by atoms with E-state index in [-0.39, 0.29) is 11.9 Å². The van der Waals surface area contributed by atoms with Crippen LogP contribution >= 0.6 is 23.1 Å². The van der Waals surface area contributed by atoms with Gasteiger partial charge >= 0.3 is 0 Å². The smallest absolute Gasteiger partial charge is 0.186 e. The van der Waals surface area contributed by atoms with Gasteiger partial charge in [0.15, 0.2) is 5.78 Å². The lowest BCUT2D eigenvalue weighted by atomic mass is 10.1. The highest BCUT2D eigenvalue weighted by atomic mass is 32.2. The van der Waals surface area contributed by atoms with Gasteiger partial charge in [-0.1, -0.05) is 23.9 Å². The summed E-state index contributed by atoms with van der Waals surface area (Å²) in [7, 11) is 0. The molecule has 0 bridgehead atoms. The number of carbonyl (C=O) groups is 1. The molecule has 0 amide bonds. The molecule has 0 radical (unpaired) electrons. The van der Waals surface area contributed by atoms with E-state index < -0.39 is 5.92 Å². The number of thiazole rings is 1. The topological polar surface area (TPSA) is 63.0 Å². The van der Waals surface area contributed by atoms with Crippen LogP contribution in [0.3, 0.4) is 0 Å². The van der Waals surface area contributed by atoms with E-state index in [9.17, 15) is 4.79 Å². The molecule has 1 aromatic carbocycles. The van der Waals surface area contributed by atoms with Crippen molar-refractivity contribution in [2.45, 2.75) is 25.9 Å². The number of benzene rings is 1. The highest BCUT2D eigenvalue weighted by Gasteiger charge is 2.38. The summed E-state index contributed by atoms with van der Waals surface area (Å²) in [6.07, 6.45) is 3.63. The van der Waals surface area contributed by atoms with E-state index in [0.29, 0.717) is 15.0 Å². The molecule has 23 heavy (non-hydrogen) atoms. The van der Waals surface area contributed by atoms with Gasteiger partial charge in [-0.25, -0.2) is 4.98 Å². The third-order valence-corrected chi connectivity index (χ3v) is 5.07. The van der Waals surface area contributed by atoms with E-state index in [1.54, 1.807) is 6.20 Å². The van der Waals surface area contributed by atoms with E-state index in [1.807, 2.05) is 49.6 Å². The maximum absolute atomic E-state index is 12.5. The van der Waals surface area contributed by atoms with Crippen LogP contribution in [0.1, 0.15) is 30.3 Å². The maximum Gasteiger partial charge on any atom is 0.186 e. The van der Waals surface area contributed by atoms with Crippen molar-refractivity contribution in [3.05, 3.63) is 51.3 Å². The van der Waals surface area contributed by atoms with Crippen molar-refractivity contribution in [3.63, 3.8) is 0 Å². The normalized spacial score (nSPS) is 19.8. The first kappa shape index (κ1) is 16.0. The van der Waals surface area contributed by atoms with Crippen molar-refractivity contribution in [3.8, 4) is 5.75 Å². The van der Waals surface area contributed by atoms with Crippen molar-refractivity contribution in [1.29, 1.82) is 5.41 Å². The molecule has 0 aliphatic carbocycles. The van der Waals surface area contributed by atoms with Gasteiger partial charge in [-0.15, -0.1) is 11.3 Å². The minimum atomic E-state index is -0.533. The molecule has 1 aromatic heterocycles. The number of ether oxygens (including phenoxy) is 1. The molecule has 1 fully saturated rings. The molecule has 0 saturated carbocycles. The third kappa shape index (κ3) is 3.54. The fourth-order valence-electron chi connectivity index (χ4n) is 2.26. The SMILES string of the molecule is CC(C)Oc1ccc(/C=C2\SC(=N)[C@H](c3nccs3)C2=O)cc1. The van der Waals surface area contributed by atoms with Crippen molar-refractivity contribution in [2.24, 2.45) is 0 Å². The molecule has 0 spiro atoms. The zero-order valence-electron chi connectivity index (χ0n) is 12.8. The summed E-state index contributed by atoms with van der Waals surface area (Å²) in [4.78, 5) is 17.3. The van der Waals surface area contributed by atoms with Crippen molar-refractivity contribution in [2.75, 3.05) is 0 Å². The zero-order chi connectivity index (χ0) is 16.4. The van der Waals surface area contributed by atoms with Crippen LogP contribution in [0.2, 0.25) is 0 Å². The largest absolute Gasteiger partial charge is 0.491 e. The Morgan fingerprint density at radius 2 is 2.04 bits per heavy atom. The Kier molecular flexibility index (Phi) is 4.63. The summed E-state index contributed by atoms with van der Waals surface area (Å²) in [5.74, 6) is 0.230. The molecule has 1 atom stereocenters. The first-order valence-electron chi connectivity index (χ1n) is 7.23. The van der Waals surface area contributed by atoms with Gasteiger partial charge in [0.1, 0.15) is 16.7 Å². The second kappa shape index (κ2) is 6.68. The summed E-state index contributed by atoms with van der Waals surface area (Å²) in [6, 6.07) is 7.61. The van der Waals surface area contributed by atoms with Crippen molar-refractivity contribution >= 4 is 40.0 Å². The molecule has 2 aromatic rings. The Balaban J connectivity index is 1.80. The number of allylic oxidation sites excluding steroid dienone is 1. The van der Waals surface area contributed by atoms with Gasteiger partial charge in [0.2, 0.25) is 0 Å². The Morgan fingerprint density at radius 3 is 2.65 bits per heavy atom. The van der Waals surface area contributed by atoms with Gasteiger partial charge in [0.25, 0.3) is 0 Å². The van der Waals surface area contributed by atoms with E-state index in [4.69, 9.17) is 10.1 Å². The first-order valence-corrected chi connectivity index (χ1v) is 8.92. The van der Waals surface area contributed by atoms with E-state index in [1.165, 1.54) is 23.1 Å². The fraction of sp³-hybridized carbons (Fsp3) is 0.235. The molecule has 118 valence electrons. The van der Waals surface area contributed by atoms with Gasteiger partial charge in [-0.3, -0.25) is 10.2 Å². The molecule has 6 heteroatoms. The summed E-state index contributed by atoms with van der Waals surface area (Å²) >= 11 is 2.63. The van der Waals surface area contributed by atoms with E-state index >= 15 is 0 Å². The molecular weight excluding hydrogens is 328 g/mol. The van der Waals surface area contributed by atoms with E-state index in [0.717, 1.165) is 11.3 Å². The van der Waals surface area contributed by atoms with Gasteiger partial charge < -0.3 is 4.74 Å². The fourth-order valence-corrected chi connectivity index (χ4v) is 4.06. The lowest BCUT2D eigenvalue weighted by Gasteiger charge is -2.09. The van der Waals surface area contributed by atoms with Crippen LogP contribution < -0.4 is 4.74 Å². The number of aromatic nitrogens is 1. The van der Waals surface area contributed by atoms with Crippen molar-refractivity contribution in [1.82, 2.24) is 4.98 Å². The highest BCUT2D eigenvalue weighted by Crippen LogP contribution is 2.41. The van der Waals surface area contributed by atoms with Crippen LogP contribution in [0.25, 0.3) is 6.08 Å². The Morgan fingerprint density at radius 1 is 1.30 bits per heavy atom. The molecule has 1 aliphatic heterocycles.